The van der Waals surface area contributed by atoms with Crippen molar-refractivity contribution in [3.05, 3.63) is 28.2 Å². The van der Waals surface area contributed by atoms with E-state index in [1.807, 2.05) is 12.1 Å². The second-order valence-electron chi connectivity index (χ2n) is 4.05. The first-order valence-corrected chi connectivity index (χ1v) is 6.80. The molecule has 0 saturated carbocycles. The quantitative estimate of drug-likeness (QED) is 0.659. The van der Waals surface area contributed by atoms with Crippen LogP contribution in [0.25, 0.3) is 0 Å². The highest BCUT2D eigenvalue weighted by Crippen LogP contribution is 2.28. The van der Waals surface area contributed by atoms with Gasteiger partial charge in [-0.2, -0.15) is 0 Å². The predicted molar refractivity (Wildman–Crippen MR) is 76.9 cm³/mol. The van der Waals surface area contributed by atoms with Crippen LogP contribution in [0, 0.1) is 0 Å². The zero-order valence-corrected chi connectivity index (χ0v) is 12.8. The van der Waals surface area contributed by atoms with Crippen LogP contribution in [0.3, 0.4) is 0 Å². The molecule has 0 aliphatic carbocycles. The second kappa shape index (κ2) is 8.91. The van der Waals surface area contributed by atoms with E-state index < -0.39 is 12.0 Å². The van der Waals surface area contributed by atoms with Gasteiger partial charge in [0.1, 0.15) is 19.0 Å². The number of rotatable bonds is 9. The van der Waals surface area contributed by atoms with E-state index >= 15 is 0 Å². The molecule has 0 amide bonds. The van der Waals surface area contributed by atoms with Crippen LogP contribution in [-0.4, -0.2) is 44.6 Å². The van der Waals surface area contributed by atoms with Crippen LogP contribution >= 0.6 is 15.9 Å². The fraction of sp³-hybridized carbons (Fsp3) is 0.462. The second-order valence-corrected chi connectivity index (χ2v) is 4.90. The van der Waals surface area contributed by atoms with Gasteiger partial charge in [0, 0.05) is 7.11 Å². The Bertz CT molecular complexity index is 441. The molecule has 7 heteroatoms. The Hall–Kier alpha value is -1.15. The Balaban J connectivity index is 2.54. The summed E-state index contributed by atoms with van der Waals surface area (Å²) in [5.41, 5.74) is 6.76. The number of aliphatic carboxylic acids is 1. The van der Waals surface area contributed by atoms with Crippen molar-refractivity contribution in [1.82, 2.24) is 0 Å². The van der Waals surface area contributed by atoms with Gasteiger partial charge in [0.05, 0.1) is 23.7 Å². The molecule has 0 fully saturated rings. The van der Waals surface area contributed by atoms with Gasteiger partial charge in [0.15, 0.2) is 0 Å². The van der Waals surface area contributed by atoms with Gasteiger partial charge < -0.3 is 25.1 Å². The molecule has 1 aromatic rings. The Morgan fingerprint density at radius 2 is 2.20 bits per heavy atom. The molecule has 1 atom stereocenters. The molecule has 6 nitrogen and oxygen atoms in total. The lowest BCUT2D eigenvalue weighted by molar-refractivity contribution is -0.142. The van der Waals surface area contributed by atoms with Crippen molar-refractivity contribution in [3.63, 3.8) is 0 Å². The predicted octanol–water partition coefficient (Wildman–Crippen LogP) is 1.58. The third-order valence-electron chi connectivity index (χ3n) is 2.45. The molecule has 1 rings (SSSR count). The first-order valence-electron chi connectivity index (χ1n) is 6.01. The lowest BCUT2D eigenvalue weighted by atomic mass is 10.1. The zero-order valence-electron chi connectivity index (χ0n) is 11.2. The fourth-order valence-corrected chi connectivity index (χ4v) is 1.98. The van der Waals surface area contributed by atoms with Gasteiger partial charge >= 0.3 is 5.97 Å². The third kappa shape index (κ3) is 5.87. The maximum absolute atomic E-state index is 10.3. The van der Waals surface area contributed by atoms with Crippen molar-refractivity contribution >= 4 is 21.9 Å². The van der Waals surface area contributed by atoms with Gasteiger partial charge in [0.25, 0.3) is 0 Å². The monoisotopic (exact) mass is 347 g/mol. The molecule has 112 valence electrons. The highest BCUT2D eigenvalue weighted by atomic mass is 79.9. The molecule has 0 bridgehead atoms. The average molecular weight is 348 g/mol. The average Bonchev–Trinajstić information content (AvgIpc) is 2.40. The van der Waals surface area contributed by atoms with E-state index in [2.05, 4.69) is 15.9 Å². The number of halogens is 1. The molecule has 0 spiro atoms. The number of benzene rings is 1. The highest BCUT2D eigenvalue weighted by molar-refractivity contribution is 9.10. The summed E-state index contributed by atoms with van der Waals surface area (Å²) in [5.74, 6) is -0.315. The van der Waals surface area contributed by atoms with E-state index in [-0.39, 0.29) is 13.2 Å². The number of hydrogen-bond acceptors (Lipinski definition) is 5. The summed E-state index contributed by atoms with van der Waals surface area (Å²) in [6, 6.07) is 5.06. The van der Waals surface area contributed by atoms with Crippen molar-refractivity contribution in [2.45, 2.75) is 6.04 Å². The number of hydrogen-bond donors (Lipinski definition) is 2. The number of nitrogens with two attached hydrogens (primary N) is 1. The minimum atomic E-state index is -1.01. The first kappa shape index (κ1) is 16.9. The van der Waals surface area contributed by atoms with Crippen LogP contribution in [0.2, 0.25) is 0 Å². The van der Waals surface area contributed by atoms with Crippen molar-refractivity contribution in [2.75, 3.05) is 33.5 Å². The summed E-state index contributed by atoms with van der Waals surface area (Å²) in [7, 11) is 1.61. The highest BCUT2D eigenvalue weighted by Gasteiger charge is 2.10. The standard InChI is InChI=1S/C13H18BrNO5/c1-18-4-5-20-12-3-2-9(6-10(12)14)11(15)7-19-8-13(16)17/h2-3,6,11H,4-5,7-8,15H2,1H3,(H,16,17). The summed E-state index contributed by atoms with van der Waals surface area (Å²) in [5, 5.41) is 8.48. The van der Waals surface area contributed by atoms with E-state index in [1.54, 1.807) is 13.2 Å². The van der Waals surface area contributed by atoms with Crippen molar-refractivity contribution in [3.8, 4) is 5.75 Å². The lowest BCUT2D eigenvalue weighted by Gasteiger charge is -2.14. The molecular weight excluding hydrogens is 330 g/mol. The van der Waals surface area contributed by atoms with Crippen molar-refractivity contribution < 1.29 is 24.1 Å². The summed E-state index contributed by atoms with van der Waals surface area (Å²) in [6.07, 6.45) is 0. The molecule has 0 radical (unpaired) electrons. The van der Waals surface area contributed by atoms with E-state index in [9.17, 15) is 4.79 Å². The summed E-state index contributed by atoms with van der Waals surface area (Å²) < 4.78 is 16.2. The number of ether oxygens (including phenoxy) is 3. The summed E-state index contributed by atoms with van der Waals surface area (Å²) in [4.78, 5) is 10.3. The molecule has 1 aromatic carbocycles. The molecule has 3 N–H and O–H groups in total. The van der Waals surface area contributed by atoms with Crippen LogP contribution in [0.4, 0.5) is 0 Å². The largest absolute Gasteiger partial charge is 0.490 e. The van der Waals surface area contributed by atoms with Crippen molar-refractivity contribution in [1.29, 1.82) is 0 Å². The third-order valence-corrected chi connectivity index (χ3v) is 3.07. The lowest BCUT2D eigenvalue weighted by Crippen LogP contribution is -2.19. The van der Waals surface area contributed by atoms with E-state index in [1.165, 1.54) is 0 Å². The zero-order chi connectivity index (χ0) is 15.0. The molecule has 1 unspecified atom stereocenters. The minimum absolute atomic E-state index is 0.141. The SMILES string of the molecule is COCCOc1ccc(C(N)COCC(=O)O)cc1Br. The van der Waals surface area contributed by atoms with Gasteiger partial charge in [-0.05, 0) is 33.6 Å². The molecular formula is C13H18BrNO5. The molecule has 0 aliphatic heterocycles. The van der Waals surface area contributed by atoms with E-state index in [0.29, 0.717) is 19.0 Å². The van der Waals surface area contributed by atoms with E-state index in [0.717, 1.165) is 10.0 Å². The Labute approximate surface area is 125 Å². The first-order chi connectivity index (χ1) is 9.54. The van der Waals surface area contributed by atoms with Crippen LogP contribution < -0.4 is 10.5 Å². The molecule has 0 heterocycles. The Morgan fingerprint density at radius 1 is 1.45 bits per heavy atom. The van der Waals surface area contributed by atoms with Crippen LogP contribution in [0.5, 0.6) is 5.75 Å². The van der Waals surface area contributed by atoms with Gasteiger partial charge in [-0.3, -0.25) is 0 Å². The maximum Gasteiger partial charge on any atom is 0.329 e. The normalized spacial score (nSPS) is 12.2. The summed E-state index contributed by atoms with van der Waals surface area (Å²) >= 11 is 3.40. The van der Waals surface area contributed by atoms with Crippen molar-refractivity contribution in [2.24, 2.45) is 5.73 Å². The van der Waals surface area contributed by atoms with Crippen LogP contribution in [0.1, 0.15) is 11.6 Å². The maximum atomic E-state index is 10.3. The smallest absolute Gasteiger partial charge is 0.329 e. The van der Waals surface area contributed by atoms with Gasteiger partial charge in [0.2, 0.25) is 0 Å². The van der Waals surface area contributed by atoms with E-state index in [4.69, 9.17) is 25.1 Å². The fourth-order valence-electron chi connectivity index (χ4n) is 1.47. The van der Waals surface area contributed by atoms with Gasteiger partial charge in [-0.1, -0.05) is 6.07 Å². The van der Waals surface area contributed by atoms with Gasteiger partial charge in [-0.25, -0.2) is 4.79 Å². The number of carboxylic acids is 1. The number of carboxylic acid groups (broad SMARTS) is 1. The van der Waals surface area contributed by atoms with Crippen LogP contribution in [-0.2, 0) is 14.3 Å². The van der Waals surface area contributed by atoms with Crippen LogP contribution in [0.15, 0.2) is 22.7 Å². The van der Waals surface area contributed by atoms with Gasteiger partial charge in [-0.15, -0.1) is 0 Å². The minimum Gasteiger partial charge on any atom is -0.490 e. The number of carbonyl (C=O) groups is 1. The molecule has 0 saturated heterocycles. The summed E-state index contributed by atoms with van der Waals surface area (Å²) in [6.45, 7) is 0.759. The topological polar surface area (TPSA) is 91.0 Å². The Morgan fingerprint density at radius 3 is 2.80 bits per heavy atom. The molecule has 20 heavy (non-hydrogen) atoms. The number of methoxy groups -OCH3 is 1. The molecule has 0 aliphatic rings. The molecule has 0 aromatic heterocycles. The Kier molecular flexibility index (Phi) is 7.53.